The van der Waals surface area contributed by atoms with E-state index in [1.165, 1.54) is 0 Å². The molecule has 1 heterocycles. The number of hydrogen-bond acceptors (Lipinski definition) is 4. The molecule has 1 N–H and O–H groups in total. The van der Waals surface area contributed by atoms with Crippen LogP contribution in [0.1, 0.15) is 38.2 Å². The number of aromatic nitrogens is 1. The second kappa shape index (κ2) is 8.50. The van der Waals surface area contributed by atoms with Crippen LogP contribution in [0.3, 0.4) is 0 Å². The van der Waals surface area contributed by atoms with E-state index >= 15 is 0 Å². The first-order valence-corrected chi connectivity index (χ1v) is 10.3. The minimum atomic E-state index is -0.430. The largest absolute Gasteiger partial charge is 0.497 e. The summed E-state index contributed by atoms with van der Waals surface area (Å²) in [6.45, 7) is 2.74. The Balaban J connectivity index is 1.70. The van der Waals surface area contributed by atoms with Gasteiger partial charge in [-0.25, -0.2) is 4.79 Å². The maximum Gasteiger partial charge on any atom is 0.411 e. The highest BCUT2D eigenvalue weighted by Gasteiger charge is 2.21. The minimum Gasteiger partial charge on any atom is -0.497 e. The van der Waals surface area contributed by atoms with E-state index in [1.54, 1.807) is 7.11 Å². The third-order valence-corrected chi connectivity index (χ3v) is 5.66. The fourth-order valence-corrected chi connectivity index (χ4v) is 4.25. The summed E-state index contributed by atoms with van der Waals surface area (Å²) in [5.74, 6) is 0.746. The first-order chi connectivity index (χ1) is 14.6. The van der Waals surface area contributed by atoms with E-state index in [1.807, 2.05) is 49.4 Å². The van der Waals surface area contributed by atoms with Gasteiger partial charge in [0.2, 0.25) is 0 Å². The van der Waals surface area contributed by atoms with Gasteiger partial charge >= 0.3 is 6.09 Å². The molecule has 0 bridgehead atoms. The van der Waals surface area contributed by atoms with E-state index in [-0.39, 0.29) is 6.10 Å². The molecule has 6 nitrogen and oxygen atoms in total. The van der Waals surface area contributed by atoms with Gasteiger partial charge < -0.3 is 14.0 Å². The first kappa shape index (κ1) is 19.8. The fraction of sp³-hybridized carbons (Fsp3) is 0.333. The van der Waals surface area contributed by atoms with Gasteiger partial charge in [-0.1, -0.05) is 12.1 Å². The van der Waals surface area contributed by atoms with Crippen molar-refractivity contribution in [3.63, 3.8) is 0 Å². The SMILES string of the molecule is CCn1c(-c2cccc(NC(=O)OC3CCCC3)c2)c(C#N)c2ccc(OC)cc21. The van der Waals surface area contributed by atoms with Crippen molar-refractivity contribution < 1.29 is 14.3 Å². The second-order valence-electron chi connectivity index (χ2n) is 7.48. The van der Waals surface area contributed by atoms with E-state index in [9.17, 15) is 10.1 Å². The molecule has 0 atom stereocenters. The van der Waals surface area contributed by atoms with Crippen molar-refractivity contribution in [1.82, 2.24) is 4.57 Å². The molecule has 1 fully saturated rings. The molecule has 30 heavy (non-hydrogen) atoms. The molecular formula is C24H25N3O3. The zero-order chi connectivity index (χ0) is 21.1. The highest BCUT2D eigenvalue weighted by Crippen LogP contribution is 2.36. The molecular weight excluding hydrogens is 378 g/mol. The molecule has 154 valence electrons. The Bertz CT molecular complexity index is 1120. The van der Waals surface area contributed by atoms with Crippen molar-refractivity contribution in [2.45, 2.75) is 45.3 Å². The number of fused-ring (bicyclic) bond motifs is 1. The molecule has 3 aromatic rings. The molecule has 2 aromatic carbocycles. The molecule has 0 spiro atoms. The minimum absolute atomic E-state index is 0.0102. The average Bonchev–Trinajstić information content (AvgIpc) is 3.38. The molecule has 4 rings (SSSR count). The number of anilines is 1. The third kappa shape index (κ3) is 3.71. The summed E-state index contributed by atoms with van der Waals surface area (Å²) in [7, 11) is 1.63. The number of carbonyl (C=O) groups is 1. The number of nitriles is 1. The number of benzene rings is 2. The first-order valence-electron chi connectivity index (χ1n) is 10.3. The van der Waals surface area contributed by atoms with Gasteiger partial charge in [0, 0.05) is 29.2 Å². The topological polar surface area (TPSA) is 76.3 Å². The summed E-state index contributed by atoms with van der Waals surface area (Å²) in [4.78, 5) is 12.3. The molecule has 1 saturated carbocycles. The van der Waals surface area contributed by atoms with Crippen LogP contribution in [0.2, 0.25) is 0 Å². The Labute approximate surface area is 176 Å². The number of rotatable bonds is 5. The van der Waals surface area contributed by atoms with Gasteiger partial charge in [-0.2, -0.15) is 5.26 Å². The number of carbonyl (C=O) groups excluding carboxylic acids is 1. The number of ether oxygens (including phenoxy) is 2. The van der Waals surface area contributed by atoms with E-state index in [4.69, 9.17) is 9.47 Å². The van der Waals surface area contributed by atoms with Gasteiger partial charge in [0.15, 0.2) is 0 Å². The van der Waals surface area contributed by atoms with Crippen molar-refractivity contribution in [2.75, 3.05) is 12.4 Å². The maximum absolute atomic E-state index is 12.3. The van der Waals surface area contributed by atoms with Gasteiger partial charge in [0.05, 0.1) is 23.9 Å². The lowest BCUT2D eigenvalue weighted by atomic mass is 10.1. The number of aryl methyl sites for hydroxylation is 1. The fourth-order valence-electron chi connectivity index (χ4n) is 4.25. The van der Waals surface area contributed by atoms with Gasteiger partial charge in [-0.3, -0.25) is 5.32 Å². The van der Waals surface area contributed by atoms with Gasteiger partial charge in [0.25, 0.3) is 0 Å². The van der Waals surface area contributed by atoms with Gasteiger partial charge in [0.1, 0.15) is 17.9 Å². The van der Waals surface area contributed by atoms with E-state index in [0.717, 1.165) is 53.6 Å². The lowest BCUT2D eigenvalue weighted by molar-refractivity contribution is 0.114. The Morgan fingerprint density at radius 1 is 1.23 bits per heavy atom. The smallest absolute Gasteiger partial charge is 0.411 e. The van der Waals surface area contributed by atoms with Crippen LogP contribution in [0.15, 0.2) is 42.5 Å². The molecule has 0 unspecified atom stereocenters. The van der Waals surface area contributed by atoms with Crippen molar-refractivity contribution in [3.8, 4) is 23.1 Å². The highest BCUT2D eigenvalue weighted by molar-refractivity contribution is 5.96. The molecule has 0 radical (unpaired) electrons. The molecule has 1 amide bonds. The van der Waals surface area contributed by atoms with Crippen LogP contribution >= 0.6 is 0 Å². The summed E-state index contributed by atoms with van der Waals surface area (Å²) in [5.41, 5.74) is 3.89. The molecule has 1 aliphatic carbocycles. The third-order valence-electron chi connectivity index (χ3n) is 5.66. The van der Waals surface area contributed by atoms with E-state index < -0.39 is 6.09 Å². The summed E-state index contributed by atoms with van der Waals surface area (Å²) in [6.07, 6.45) is 3.65. The molecule has 1 aromatic heterocycles. The van der Waals surface area contributed by atoms with Crippen LogP contribution in [-0.2, 0) is 11.3 Å². The van der Waals surface area contributed by atoms with E-state index in [2.05, 4.69) is 16.0 Å². The van der Waals surface area contributed by atoms with Crippen LogP contribution in [-0.4, -0.2) is 23.9 Å². The van der Waals surface area contributed by atoms with Crippen LogP contribution in [0, 0.1) is 11.3 Å². The lowest BCUT2D eigenvalue weighted by Gasteiger charge is -2.13. The number of methoxy groups -OCH3 is 1. The second-order valence-corrected chi connectivity index (χ2v) is 7.48. The highest BCUT2D eigenvalue weighted by atomic mass is 16.6. The number of nitrogens with one attached hydrogen (secondary N) is 1. The maximum atomic E-state index is 12.3. The predicted octanol–water partition coefficient (Wildman–Crippen LogP) is 5.70. The standard InChI is InChI=1S/C24H25N3O3/c1-3-27-22-14-19(29-2)11-12-20(22)21(15-25)23(27)16-7-6-8-17(13-16)26-24(28)30-18-9-4-5-10-18/h6-8,11-14,18H,3-5,9-10H2,1-2H3,(H,26,28). The van der Waals surface area contributed by atoms with Gasteiger partial charge in [-0.15, -0.1) is 0 Å². The van der Waals surface area contributed by atoms with E-state index in [0.29, 0.717) is 17.8 Å². The Hall–Kier alpha value is -3.46. The van der Waals surface area contributed by atoms with Gasteiger partial charge in [-0.05, 0) is 56.9 Å². The monoisotopic (exact) mass is 403 g/mol. The molecule has 0 saturated heterocycles. The van der Waals surface area contributed by atoms with Crippen molar-refractivity contribution in [3.05, 3.63) is 48.0 Å². The van der Waals surface area contributed by atoms with Crippen LogP contribution in [0.25, 0.3) is 22.2 Å². The van der Waals surface area contributed by atoms with Crippen LogP contribution in [0.5, 0.6) is 5.75 Å². The summed E-state index contributed by atoms with van der Waals surface area (Å²) >= 11 is 0. The van der Waals surface area contributed by atoms with Crippen molar-refractivity contribution in [1.29, 1.82) is 5.26 Å². The molecule has 1 aliphatic rings. The molecule has 0 aliphatic heterocycles. The number of amides is 1. The zero-order valence-corrected chi connectivity index (χ0v) is 17.3. The summed E-state index contributed by atoms with van der Waals surface area (Å²) in [5, 5.41) is 13.6. The van der Waals surface area contributed by atoms with Crippen LogP contribution in [0.4, 0.5) is 10.5 Å². The predicted molar refractivity (Wildman–Crippen MR) is 117 cm³/mol. The van der Waals surface area contributed by atoms with Crippen molar-refractivity contribution in [2.24, 2.45) is 0 Å². The summed E-state index contributed by atoms with van der Waals surface area (Å²) < 4.78 is 13.0. The Morgan fingerprint density at radius 3 is 2.73 bits per heavy atom. The Morgan fingerprint density at radius 2 is 2.03 bits per heavy atom. The summed E-state index contributed by atoms with van der Waals surface area (Å²) in [6, 6.07) is 15.6. The van der Waals surface area contributed by atoms with Crippen molar-refractivity contribution >= 4 is 22.7 Å². The zero-order valence-electron chi connectivity index (χ0n) is 17.3. The molecule has 6 heteroatoms. The quantitative estimate of drug-likeness (QED) is 0.593. The normalized spacial score (nSPS) is 13.9. The van der Waals surface area contributed by atoms with Crippen LogP contribution < -0.4 is 10.1 Å². The lowest BCUT2D eigenvalue weighted by Crippen LogP contribution is -2.20. The Kier molecular flexibility index (Phi) is 5.62. The average molecular weight is 403 g/mol. The number of hydrogen-bond donors (Lipinski definition) is 1. The number of nitrogens with zero attached hydrogens (tertiary/aromatic N) is 2.